The van der Waals surface area contributed by atoms with Gasteiger partial charge in [-0.1, -0.05) is 6.07 Å². The van der Waals surface area contributed by atoms with Crippen LogP contribution in [-0.2, 0) is 21.4 Å². The largest absolute Gasteiger partial charge is 0.353 e. The van der Waals surface area contributed by atoms with Gasteiger partial charge in [0.1, 0.15) is 5.82 Å². The molecule has 30 heavy (non-hydrogen) atoms. The number of carbonyl (C=O) groups is 1. The van der Waals surface area contributed by atoms with Gasteiger partial charge >= 0.3 is 0 Å². The molecule has 0 N–H and O–H groups in total. The number of rotatable bonds is 5. The van der Waals surface area contributed by atoms with E-state index in [0.717, 1.165) is 18.9 Å². The van der Waals surface area contributed by atoms with Gasteiger partial charge in [0.25, 0.3) is 10.0 Å². The van der Waals surface area contributed by atoms with Gasteiger partial charge in [0.15, 0.2) is 5.03 Å². The van der Waals surface area contributed by atoms with Gasteiger partial charge in [-0.3, -0.25) is 4.79 Å². The first-order valence-corrected chi connectivity index (χ1v) is 11.9. The highest BCUT2D eigenvalue weighted by molar-refractivity contribution is 7.89. The van der Waals surface area contributed by atoms with Gasteiger partial charge in [-0.15, -0.1) is 0 Å². The quantitative estimate of drug-likeness (QED) is 0.701. The number of aryl methyl sites for hydroxylation is 1. The smallest absolute Gasteiger partial charge is 0.262 e. The summed E-state index contributed by atoms with van der Waals surface area (Å²) in [5.74, 6) is 0.961. The Bertz CT molecular complexity index is 961. The number of pyridine rings is 1. The van der Waals surface area contributed by atoms with Crippen molar-refractivity contribution < 1.29 is 13.2 Å². The van der Waals surface area contributed by atoms with Crippen molar-refractivity contribution in [2.45, 2.75) is 31.3 Å². The van der Waals surface area contributed by atoms with Crippen molar-refractivity contribution in [1.29, 1.82) is 0 Å². The summed E-state index contributed by atoms with van der Waals surface area (Å²) >= 11 is 0. The number of carbonyl (C=O) groups excluding carboxylic acids is 1. The van der Waals surface area contributed by atoms with Crippen molar-refractivity contribution in [3.63, 3.8) is 0 Å². The second-order valence-electron chi connectivity index (χ2n) is 7.72. The molecule has 10 heteroatoms. The molecule has 0 aliphatic carbocycles. The number of anilines is 1. The summed E-state index contributed by atoms with van der Waals surface area (Å²) in [4.78, 5) is 25.5. The van der Waals surface area contributed by atoms with E-state index in [0.29, 0.717) is 45.6 Å². The maximum absolute atomic E-state index is 13.0. The first-order valence-electron chi connectivity index (χ1n) is 10.5. The van der Waals surface area contributed by atoms with E-state index in [1.165, 1.54) is 10.6 Å². The van der Waals surface area contributed by atoms with Crippen LogP contribution in [0.2, 0.25) is 0 Å². The third-order valence-electron chi connectivity index (χ3n) is 5.95. The molecule has 4 rings (SSSR count). The highest BCUT2D eigenvalue weighted by Crippen LogP contribution is 2.25. The Kier molecular flexibility index (Phi) is 6.05. The fourth-order valence-electron chi connectivity index (χ4n) is 4.08. The fourth-order valence-corrected chi connectivity index (χ4v) is 5.48. The lowest BCUT2D eigenvalue weighted by atomic mass is 9.96. The molecule has 0 saturated carbocycles. The second-order valence-corrected chi connectivity index (χ2v) is 9.61. The zero-order valence-corrected chi connectivity index (χ0v) is 18.0. The average Bonchev–Trinajstić information content (AvgIpc) is 3.30. The number of hydrogen-bond donors (Lipinski definition) is 0. The molecule has 2 aromatic heterocycles. The number of amides is 1. The van der Waals surface area contributed by atoms with Crippen LogP contribution in [0.15, 0.2) is 41.9 Å². The molecule has 0 unspecified atom stereocenters. The number of hydrogen-bond acceptors (Lipinski definition) is 6. The Morgan fingerprint density at radius 1 is 1.07 bits per heavy atom. The Labute approximate surface area is 177 Å². The Morgan fingerprint density at radius 2 is 1.80 bits per heavy atom. The molecular formula is C20H28N6O3S. The van der Waals surface area contributed by atoms with E-state index in [2.05, 4.69) is 14.9 Å². The van der Waals surface area contributed by atoms with E-state index in [1.807, 2.05) is 30.0 Å². The monoisotopic (exact) mass is 432 g/mol. The summed E-state index contributed by atoms with van der Waals surface area (Å²) in [7, 11) is -3.60. The maximum atomic E-state index is 13.0. The third-order valence-corrected chi connectivity index (χ3v) is 7.73. The molecule has 2 aliphatic heterocycles. The van der Waals surface area contributed by atoms with Crippen LogP contribution in [-0.4, -0.2) is 77.3 Å². The summed E-state index contributed by atoms with van der Waals surface area (Å²) in [6, 6.07) is 5.84. The van der Waals surface area contributed by atoms with Crippen LogP contribution in [0.4, 0.5) is 5.82 Å². The lowest BCUT2D eigenvalue weighted by molar-refractivity contribution is -0.137. The Hall–Kier alpha value is -2.46. The second kappa shape index (κ2) is 8.73. The number of aromatic nitrogens is 3. The molecule has 0 spiro atoms. The van der Waals surface area contributed by atoms with Crippen LogP contribution >= 0.6 is 0 Å². The highest BCUT2D eigenvalue weighted by atomic mass is 32.2. The van der Waals surface area contributed by atoms with Crippen molar-refractivity contribution in [3.05, 3.63) is 36.9 Å². The van der Waals surface area contributed by atoms with Gasteiger partial charge in [0, 0.05) is 64.1 Å². The number of imidazole rings is 1. The van der Waals surface area contributed by atoms with E-state index >= 15 is 0 Å². The Balaban J connectivity index is 1.30. The number of piperidine rings is 1. The lowest BCUT2D eigenvalue weighted by Gasteiger charge is -2.38. The number of nitrogens with zero attached hydrogens (tertiary/aromatic N) is 6. The van der Waals surface area contributed by atoms with Crippen molar-refractivity contribution in [2.75, 3.05) is 44.2 Å². The summed E-state index contributed by atoms with van der Waals surface area (Å²) in [5, 5.41) is 0.0831. The van der Waals surface area contributed by atoms with Crippen molar-refractivity contribution >= 4 is 21.7 Å². The molecule has 0 radical (unpaired) electrons. The number of piperazine rings is 1. The summed E-state index contributed by atoms with van der Waals surface area (Å²) < 4.78 is 28.8. The summed E-state index contributed by atoms with van der Waals surface area (Å²) in [5.41, 5.74) is 0. The van der Waals surface area contributed by atoms with E-state index in [9.17, 15) is 13.2 Å². The summed E-state index contributed by atoms with van der Waals surface area (Å²) in [6.45, 7) is 6.17. The molecule has 2 aromatic rings. The molecule has 162 valence electrons. The van der Waals surface area contributed by atoms with Crippen LogP contribution in [0.3, 0.4) is 0 Å². The molecule has 1 amide bonds. The van der Waals surface area contributed by atoms with Crippen molar-refractivity contribution in [3.8, 4) is 0 Å². The normalized spacial score (nSPS) is 19.2. The van der Waals surface area contributed by atoms with E-state index in [1.54, 1.807) is 17.0 Å². The molecule has 2 aliphatic rings. The fraction of sp³-hybridized carbons (Fsp3) is 0.550. The van der Waals surface area contributed by atoms with Gasteiger partial charge in [-0.05, 0) is 31.9 Å². The predicted molar refractivity (Wildman–Crippen MR) is 112 cm³/mol. The van der Waals surface area contributed by atoms with E-state index < -0.39 is 10.0 Å². The van der Waals surface area contributed by atoms with Crippen LogP contribution in [0.1, 0.15) is 19.8 Å². The molecule has 0 aromatic carbocycles. The molecule has 0 atom stereocenters. The zero-order valence-electron chi connectivity index (χ0n) is 17.2. The molecule has 4 heterocycles. The maximum Gasteiger partial charge on any atom is 0.262 e. The highest BCUT2D eigenvalue weighted by Gasteiger charge is 2.35. The molecule has 2 saturated heterocycles. The van der Waals surface area contributed by atoms with Crippen LogP contribution in [0.25, 0.3) is 0 Å². The number of sulfonamides is 1. The first-order chi connectivity index (χ1) is 14.5. The van der Waals surface area contributed by atoms with E-state index in [-0.39, 0.29) is 16.9 Å². The van der Waals surface area contributed by atoms with E-state index in [4.69, 9.17) is 0 Å². The van der Waals surface area contributed by atoms with Gasteiger partial charge in [0.2, 0.25) is 5.91 Å². The van der Waals surface area contributed by atoms with Gasteiger partial charge in [-0.25, -0.2) is 18.4 Å². The molecule has 9 nitrogen and oxygen atoms in total. The topological polar surface area (TPSA) is 91.6 Å². The molecular weight excluding hydrogens is 404 g/mol. The zero-order chi connectivity index (χ0) is 21.1. The van der Waals surface area contributed by atoms with Crippen LogP contribution in [0.5, 0.6) is 0 Å². The van der Waals surface area contributed by atoms with Gasteiger partial charge < -0.3 is 14.4 Å². The van der Waals surface area contributed by atoms with Crippen molar-refractivity contribution in [1.82, 2.24) is 23.7 Å². The third kappa shape index (κ3) is 4.20. The predicted octanol–water partition coefficient (Wildman–Crippen LogP) is 1.05. The minimum absolute atomic E-state index is 0.0831. The van der Waals surface area contributed by atoms with Gasteiger partial charge in [0.05, 0.1) is 6.33 Å². The molecule has 0 bridgehead atoms. The standard InChI is InChI=1S/C20H28N6O3S/c1-2-23-15-19(22-16-23)30(28,29)26-9-6-17(7-10-26)20(27)25-13-11-24(12-14-25)18-5-3-4-8-21-18/h3-5,8,15-17H,2,6-7,9-14H2,1H3. The van der Waals surface area contributed by atoms with Crippen LogP contribution in [0, 0.1) is 5.92 Å². The minimum Gasteiger partial charge on any atom is -0.353 e. The first kappa shape index (κ1) is 20.8. The minimum atomic E-state index is -3.60. The van der Waals surface area contributed by atoms with Crippen LogP contribution < -0.4 is 4.90 Å². The van der Waals surface area contributed by atoms with Crippen molar-refractivity contribution in [2.24, 2.45) is 5.92 Å². The van der Waals surface area contributed by atoms with Gasteiger partial charge in [-0.2, -0.15) is 4.31 Å². The Morgan fingerprint density at radius 3 is 2.40 bits per heavy atom. The average molecular weight is 433 g/mol. The SMILES string of the molecule is CCn1cnc(S(=O)(=O)N2CCC(C(=O)N3CCN(c4ccccn4)CC3)CC2)c1. The molecule has 2 fully saturated rings. The lowest BCUT2D eigenvalue weighted by Crippen LogP contribution is -2.52. The summed E-state index contributed by atoms with van der Waals surface area (Å²) in [6.07, 6.45) is 5.98.